The molecule has 5 atom stereocenters. The van der Waals surface area contributed by atoms with Gasteiger partial charge in [0.15, 0.2) is 11.4 Å². The molecule has 1 unspecified atom stereocenters. The van der Waals surface area contributed by atoms with Gasteiger partial charge in [0, 0.05) is 22.6 Å². The third-order valence-corrected chi connectivity index (χ3v) is 9.84. The average molecular weight is 588 g/mol. The molecule has 1 saturated heterocycles. The Bertz CT molecular complexity index is 1400. The van der Waals surface area contributed by atoms with Crippen molar-refractivity contribution in [3.05, 3.63) is 44.7 Å². The summed E-state index contributed by atoms with van der Waals surface area (Å²) in [6, 6.07) is 0.424. The summed E-state index contributed by atoms with van der Waals surface area (Å²) in [7, 11) is 3.14. The Labute approximate surface area is 244 Å². The van der Waals surface area contributed by atoms with Crippen LogP contribution in [0.3, 0.4) is 0 Å². The van der Waals surface area contributed by atoms with E-state index in [1.165, 1.54) is 4.90 Å². The number of nitrogens with zero attached hydrogens (tertiary/aromatic N) is 2. The molecule has 1 aromatic carbocycles. The summed E-state index contributed by atoms with van der Waals surface area (Å²) in [6.07, 6.45) is 3.09. The Balaban J connectivity index is 1.63. The summed E-state index contributed by atoms with van der Waals surface area (Å²) >= 11 is 7.02. The number of likely N-dealkylation sites (tertiary alicyclic amines) is 1. The lowest BCUT2D eigenvalue weighted by Crippen LogP contribution is -2.65. The lowest BCUT2D eigenvalue weighted by molar-refractivity contribution is -0.153. The van der Waals surface area contributed by atoms with Crippen LogP contribution < -0.4 is 5.73 Å². The third-order valence-electron chi connectivity index (χ3n) is 9.40. The van der Waals surface area contributed by atoms with Crippen LogP contribution in [0.1, 0.15) is 62.3 Å². The molecule has 1 aliphatic heterocycles. The molecule has 3 aliphatic carbocycles. The topological polar surface area (TPSA) is 165 Å². The van der Waals surface area contributed by atoms with Crippen molar-refractivity contribution in [3.8, 4) is 5.75 Å². The largest absolute Gasteiger partial charge is 0.508 e. The summed E-state index contributed by atoms with van der Waals surface area (Å²) in [5.41, 5.74) is 2.98. The Morgan fingerprint density at radius 3 is 2.54 bits per heavy atom. The molecule has 1 saturated carbocycles. The molecule has 1 aromatic rings. The Morgan fingerprint density at radius 1 is 1.24 bits per heavy atom. The molecular formula is C30H38ClN3O7. The number of phenols is 1. The van der Waals surface area contributed by atoms with Gasteiger partial charge in [0.2, 0.25) is 5.78 Å². The maximum atomic E-state index is 14.0. The number of Topliss-reactive ketones (excluding diaryl/α,β-unsaturated/α-hetero) is 2. The first-order valence-corrected chi connectivity index (χ1v) is 14.5. The highest BCUT2D eigenvalue weighted by Crippen LogP contribution is 2.54. The maximum absolute atomic E-state index is 14.0. The second-order valence-electron chi connectivity index (χ2n) is 12.5. The summed E-state index contributed by atoms with van der Waals surface area (Å²) in [5.74, 6) is -6.20. The fraction of sp³-hybridized carbons (Fsp3) is 0.567. The van der Waals surface area contributed by atoms with E-state index in [1.807, 2.05) is 0 Å². The van der Waals surface area contributed by atoms with E-state index < -0.39 is 58.0 Å². The van der Waals surface area contributed by atoms with Crippen molar-refractivity contribution >= 4 is 34.8 Å². The van der Waals surface area contributed by atoms with E-state index in [0.29, 0.717) is 16.5 Å². The van der Waals surface area contributed by atoms with Gasteiger partial charge in [0.1, 0.15) is 22.8 Å². The van der Waals surface area contributed by atoms with Crippen LogP contribution in [-0.4, -0.2) is 86.5 Å². The molecule has 41 heavy (non-hydrogen) atoms. The number of likely N-dealkylation sites (N-methyl/N-ethyl adjacent to an activating group) is 1. The number of benzene rings is 1. The van der Waals surface area contributed by atoms with Crippen molar-refractivity contribution < 1.29 is 34.8 Å². The number of phenolic OH excluding ortho intramolecular Hbond substituents is 1. The molecule has 222 valence electrons. The second kappa shape index (κ2) is 10.4. The monoisotopic (exact) mass is 587 g/mol. The predicted molar refractivity (Wildman–Crippen MR) is 152 cm³/mol. The van der Waals surface area contributed by atoms with Crippen LogP contribution in [-0.2, 0) is 20.8 Å². The van der Waals surface area contributed by atoms with Crippen molar-refractivity contribution in [2.24, 2.45) is 23.5 Å². The molecule has 2 fully saturated rings. The van der Waals surface area contributed by atoms with Crippen LogP contribution in [0.2, 0.25) is 5.02 Å². The maximum Gasteiger partial charge on any atom is 0.255 e. The van der Waals surface area contributed by atoms with E-state index in [4.69, 9.17) is 17.3 Å². The van der Waals surface area contributed by atoms with Crippen molar-refractivity contribution in [3.63, 3.8) is 0 Å². The zero-order valence-electron chi connectivity index (χ0n) is 23.8. The Hall–Kier alpha value is -2.92. The number of amides is 1. The molecule has 0 aromatic heterocycles. The van der Waals surface area contributed by atoms with Crippen molar-refractivity contribution in [2.75, 3.05) is 27.2 Å². The van der Waals surface area contributed by atoms with Gasteiger partial charge in [-0.05, 0) is 88.3 Å². The van der Waals surface area contributed by atoms with E-state index in [1.54, 1.807) is 20.2 Å². The van der Waals surface area contributed by atoms with Gasteiger partial charge in [0.25, 0.3) is 5.91 Å². The van der Waals surface area contributed by atoms with Crippen molar-refractivity contribution in [1.29, 1.82) is 0 Å². The number of aliphatic hydroxyl groups excluding tert-OH is 2. The standard InChI is InChI=1S/C30H38ClN3O7/c1-13(2)7-9-34-8-5-6-18(34)15-12-19(35)21-16(23(15)31)10-14-11-17-24(33(3)4)26(37)22(29(32)40)28(39)30(17,41)27(38)20(14)25(21)36/h12-14,17-18,24,35-36,39,41H,5-11H2,1-4H3,(H2,32,40)/t14-,17-,18?,24-,30-/m0/s1. The number of fused-ring (bicyclic) bond motifs is 3. The molecule has 10 nitrogen and oxygen atoms in total. The molecule has 1 heterocycles. The van der Waals surface area contributed by atoms with Gasteiger partial charge in [0.05, 0.1) is 11.6 Å². The first-order chi connectivity index (χ1) is 19.2. The molecule has 4 aliphatic rings. The Morgan fingerprint density at radius 2 is 1.93 bits per heavy atom. The fourth-order valence-electron chi connectivity index (χ4n) is 7.42. The molecule has 0 radical (unpaired) electrons. The third kappa shape index (κ3) is 4.38. The first kappa shape index (κ1) is 29.6. The summed E-state index contributed by atoms with van der Waals surface area (Å²) in [6.45, 7) is 6.16. The van der Waals surface area contributed by atoms with Crippen LogP contribution in [0.15, 0.2) is 23.0 Å². The number of rotatable bonds is 6. The molecular weight excluding hydrogens is 550 g/mol. The molecule has 0 spiro atoms. The van der Waals surface area contributed by atoms with Gasteiger partial charge in [-0.2, -0.15) is 0 Å². The number of primary amides is 1. The van der Waals surface area contributed by atoms with Crippen LogP contribution in [0.5, 0.6) is 5.75 Å². The van der Waals surface area contributed by atoms with Crippen LogP contribution in [0.4, 0.5) is 0 Å². The number of hydrogen-bond donors (Lipinski definition) is 5. The van der Waals surface area contributed by atoms with Gasteiger partial charge in [-0.3, -0.25) is 24.2 Å². The highest BCUT2D eigenvalue weighted by atomic mass is 35.5. The van der Waals surface area contributed by atoms with Crippen LogP contribution in [0.25, 0.3) is 5.76 Å². The van der Waals surface area contributed by atoms with E-state index >= 15 is 0 Å². The number of halogens is 1. The van der Waals surface area contributed by atoms with Gasteiger partial charge < -0.3 is 26.2 Å². The number of aromatic hydroxyl groups is 1. The lowest BCUT2D eigenvalue weighted by Gasteiger charge is -2.50. The van der Waals surface area contributed by atoms with E-state index in [-0.39, 0.29) is 35.8 Å². The van der Waals surface area contributed by atoms with Gasteiger partial charge >= 0.3 is 0 Å². The summed E-state index contributed by atoms with van der Waals surface area (Å²) in [4.78, 5) is 43.2. The van der Waals surface area contributed by atoms with Gasteiger partial charge in [-0.25, -0.2) is 0 Å². The predicted octanol–water partition coefficient (Wildman–Crippen LogP) is 2.80. The summed E-state index contributed by atoms with van der Waals surface area (Å²) < 4.78 is 0. The normalized spacial score (nSPS) is 30.2. The number of aliphatic hydroxyl groups is 3. The van der Waals surface area contributed by atoms with E-state index in [9.17, 15) is 34.8 Å². The highest BCUT2D eigenvalue weighted by molar-refractivity contribution is 6.33. The minimum absolute atomic E-state index is 0.00596. The molecule has 6 N–H and O–H groups in total. The van der Waals surface area contributed by atoms with Gasteiger partial charge in [-0.1, -0.05) is 25.4 Å². The molecule has 5 rings (SSSR count). The fourth-order valence-corrected chi connectivity index (χ4v) is 7.77. The zero-order chi connectivity index (χ0) is 30.1. The van der Waals surface area contributed by atoms with Crippen molar-refractivity contribution in [2.45, 2.75) is 63.6 Å². The first-order valence-electron chi connectivity index (χ1n) is 14.1. The smallest absolute Gasteiger partial charge is 0.255 e. The second-order valence-corrected chi connectivity index (χ2v) is 12.9. The van der Waals surface area contributed by atoms with E-state index in [2.05, 4.69) is 18.7 Å². The number of hydrogen-bond acceptors (Lipinski definition) is 9. The quantitative estimate of drug-likeness (QED) is 0.315. The number of ketones is 2. The van der Waals surface area contributed by atoms with Crippen molar-refractivity contribution in [1.82, 2.24) is 9.80 Å². The minimum Gasteiger partial charge on any atom is -0.508 e. The number of carbonyl (C=O) groups excluding carboxylic acids is 3. The zero-order valence-corrected chi connectivity index (χ0v) is 24.5. The van der Waals surface area contributed by atoms with Crippen LogP contribution >= 0.6 is 11.6 Å². The molecule has 0 bridgehead atoms. The molecule has 11 heteroatoms. The molecule has 1 amide bonds. The Kier molecular flexibility index (Phi) is 7.51. The number of carbonyl (C=O) groups is 3. The van der Waals surface area contributed by atoms with Gasteiger partial charge in [-0.15, -0.1) is 0 Å². The average Bonchev–Trinajstić information content (AvgIpc) is 3.35. The summed E-state index contributed by atoms with van der Waals surface area (Å²) in [5, 5.41) is 45.7. The minimum atomic E-state index is -2.66. The lowest BCUT2D eigenvalue weighted by atomic mass is 9.57. The van der Waals surface area contributed by atoms with Crippen LogP contribution in [0, 0.1) is 17.8 Å². The highest BCUT2D eigenvalue weighted by Gasteiger charge is 2.64. The van der Waals surface area contributed by atoms with E-state index in [0.717, 1.165) is 37.9 Å². The number of nitrogens with two attached hydrogens (primary N) is 1. The SMILES string of the molecule is CC(C)CCN1CCCC1c1cc(O)c2c(c1Cl)C[C@H]1C[C@H]3[C@H](N(C)C)C(=O)C(C(N)=O)=C(O)[C@@]3(O)C(=O)C1=C2O.